The summed E-state index contributed by atoms with van der Waals surface area (Å²) >= 11 is 0. The highest BCUT2D eigenvalue weighted by molar-refractivity contribution is 5.94. The molecule has 0 atom stereocenters. The molecule has 22 heavy (non-hydrogen) atoms. The molecule has 0 aromatic heterocycles. The zero-order chi connectivity index (χ0) is 15.4. The van der Waals surface area contributed by atoms with Gasteiger partial charge in [0.2, 0.25) is 0 Å². The minimum absolute atomic E-state index is 0.0998. The van der Waals surface area contributed by atoms with Crippen LogP contribution in [-0.2, 0) is 6.54 Å². The van der Waals surface area contributed by atoms with Crippen molar-refractivity contribution in [3.63, 3.8) is 0 Å². The van der Waals surface area contributed by atoms with Gasteiger partial charge in [-0.3, -0.25) is 9.69 Å². The lowest BCUT2D eigenvalue weighted by molar-refractivity contribution is 0.0627. The lowest BCUT2D eigenvalue weighted by atomic mass is 10.1. The molecule has 1 N–H and O–H groups in total. The first-order valence-electron chi connectivity index (χ1n) is 7.57. The van der Waals surface area contributed by atoms with E-state index in [2.05, 4.69) is 4.90 Å². The molecule has 4 nitrogen and oxygen atoms in total. The van der Waals surface area contributed by atoms with Crippen molar-refractivity contribution in [2.75, 3.05) is 26.2 Å². The Hall–Kier alpha value is -2.33. The SMILES string of the molecule is O=C(c1ccccc1)N1CCN(Cc2ccccc2O)CC1. The Morgan fingerprint density at radius 3 is 2.23 bits per heavy atom. The van der Waals surface area contributed by atoms with Crippen LogP contribution in [-0.4, -0.2) is 47.0 Å². The first kappa shape index (κ1) is 14.6. The summed E-state index contributed by atoms with van der Waals surface area (Å²) in [6, 6.07) is 16.8. The van der Waals surface area contributed by atoms with E-state index in [-0.39, 0.29) is 5.91 Å². The molecule has 1 aliphatic rings. The molecule has 1 saturated heterocycles. The molecular formula is C18H20N2O2. The van der Waals surface area contributed by atoms with E-state index in [0.717, 1.165) is 43.9 Å². The summed E-state index contributed by atoms with van der Waals surface area (Å²) < 4.78 is 0. The van der Waals surface area contributed by atoms with E-state index in [9.17, 15) is 9.90 Å². The van der Waals surface area contributed by atoms with Crippen LogP contribution in [0.3, 0.4) is 0 Å². The predicted molar refractivity (Wildman–Crippen MR) is 85.7 cm³/mol. The Bertz CT molecular complexity index is 635. The van der Waals surface area contributed by atoms with Crippen LogP contribution in [0.25, 0.3) is 0 Å². The summed E-state index contributed by atoms with van der Waals surface area (Å²) in [4.78, 5) is 16.6. The predicted octanol–water partition coefficient (Wildman–Crippen LogP) is 2.35. The maximum atomic E-state index is 12.4. The minimum Gasteiger partial charge on any atom is -0.508 e. The Morgan fingerprint density at radius 2 is 1.55 bits per heavy atom. The normalized spacial score (nSPS) is 15.7. The molecule has 0 spiro atoms. The molecule has 3 rings (SSSR count). The molecule has 1 amide bonds. The number of phenolic OH excluding ortho intramolecular Hbond substituents is 1. The van der Waals surface area contributed by atoms with Crippen molar-refractivity contribution in [2.24, 2.45) is 0 Å². The fourth-order valence-electron chi connectivity index (χ4n) is 2.76. The van der Waals surface area contributed by atoms with Crippen LogP contribution in [0.5, 0.6) is 5.75 Å². The minimum atomic E-state index is 0.0998. The van der Waals surface area contributed by atoms with Gasteiger partial charge in [-0.25, -0.2) is 0 Å². The van der Waals surface area contributed by atoms with E-state index in [1.165, 1.54) is 0 Å². The molecule has 2 aromatic carbocycles. The van der Waals surface area contributed by atoms with Crippen molar-refractivity contribution in [1.82, 2.24) is 9.80 Å². The number of aromatic hydroxyl groups is 1. The third-order valence-corrected chi connectivity index (χ3v) is 4.07. The van der Waals surface area contributed by atoms with Gasteiger partial charge in [0.15, 0.2) is 0 Å². The molecule has 2 aromatic rings. The highest BCUT2D eigenvalue weighted by Crippen LogP contribution is 2.19. The average molecular weight is 296 g/mol. The van der Waals surface area contributed by atoms with Crippen molar-refractivity contribution >= 4 is 5.91 Å². The summed E-state index contributed by atoms with van der Waals surface area (Å²) in [5.41, 5.74) is 1.68. The zero-order valence-electron chi connectivity index (χ0n) is 12.5. The Morgan fingerprint density at radius 1 is 0.909 bits per heavy atom. The summed E-state index contributed by atoms with van der Waals surface area (Å²) in [6.45, 7) is 3.82. The largest absolute Gasteiger partial charge is 0.508 e. The number of para-hydroxylation sites is 1. The van der Waals surface area contributed by atoms with E-state index in [1.54, 1.807) is 6.07 Å². The van der Waals surface area contributed by atoms with Crippen LogP contribution in [0, 0.1) is 0 Å². The average Bonchev–Trinajstić information content (AvgIpc) is 2.58. The zero-order valence-corrected chi connectivity index (χ0v) is 12.5. The first-order chi connectivity index (χ1) is 10.7. The third-order valence-electron chi connectivity index (χ3n) is 4.07. The number of rotatable bonds is 3. The topological polar surface area (TPSA) is 43.8 Å². The number of nitrogens with zero attached hydrogens (tertiary/aromatic N) is 2. The Kier molecular flexibility index (Phi) is 4.39. The van der Waals surface area contributed by atoms with Crippen LogP contribution in [0.15, 0.2) is 54.6 Å². The molecule has 4 heteroatoms. The molecule has 0 radical (unpaired) electrons. The smallest absolute Gasteiger partial charge is 0.253 e. The number of hydrogen-bond donors (Lipinski definition) is 1. The van der Waals surface area contributed by atoms with Crippen molar-refractivity contribution < 1.29 is 9.90 Å². The number of hydrogen-bond acceptors (Lipinski definition) is 3. The first-order valence-corrected chi connectivity index (χ1v) is 7.57. The van der Waals surface area contributed by atoms with Gasteiger partial charge < -0.3 is 10.0 Å². The lowest BCUT2D eigenvalue weighted by Crippen LogP contribution is -2.48. The van der Waals surface area contributed by atoms with E-state index >= 15 is 0 Å². The van der Waals surface area contributed by atoms with Gasteiger partial charge >= 0.3 is 0 Å². The summed E-state index contributed by atoms with van der Waals surface area (Å²) in [5.74, 6) is 0.438. The van der Waals surface area contributed by atoms with Gasteiger partial charge in [-0.15, -0.1) is 0 Å². The summed E-state index contributed by atoms with van der Waals surface area (Å²) in [5, 5.41) is 9.84. The summed E-state index contributed by atoms with van der Waals surface area (Å²) in [6.07, 6.45) is 0. The lowest BCUT2D eigenvalue weighted by Gasteiger charge is -2.34. The standard InChI is InChI=1S/C18H20N2O2/c21-17-9-5-4-8-16(17)14-19-10-12-20(13-11-19)18(22)15-6-2-1-3-7-15/h1-9,21H,10-14H2. The van der Waals surface area contributed by atoms with Gasteiger partial charge in [0.25, 0.3) is 5.91 Å². The van der Waals surface area contributed by atoms with Gasteiger partial charge in [0.05, 0.1) is 0 Å². The fraction of sp³-hybridized carbons (Fsp3) is 0.278. The van der Waals surface area contributed by atoms with Crippen molar-refractivity contribution in [2.45, 2.75) is 6.54 Å². The highest BCUT2D eigenvalue weighted by Gasteiger charge is 2.22. The van der Waals surface area contributed by atoms with Gasteiger partial charge in [-0.1, -0.05) is 36.4 Å². The number of carbonyl (C=O) groups is 1. The van der Waals surface area contributed by atoms with Crippen molar-refractivity contribution in [1.29, 1.82) is 0 Å². The Labute approximate surface area is 130 Å². The van der Waals surface area contributed by atoms with Gasteiger partial charge in [-0.05, 0) is 18.2 Å². The quantitative estimate of drug-likeness (QED) is 0.945. The van der Waals surface area contributed by atoms with Crippen LogP contribution in [0.4, 0.5) is 0 Å². The molecule has 1 heterocycles. The number of carbonyl (C=O) groups excluding carboxylic acids is 1. The van der Waals surface area contributed by atoms with Crippen molar-refractivity contribution in [3.8, 4) is 5.75 Å². The third kappa shape index (κ3) is 3.28. The molecule has 1 fully saturated rings. The van der Waals surface area contributed by atoms with Crippen molar-refractivity contribution in [3.05, 3.63) is 65.7 Å². The number of benzene rings is 2. The summed E-state index contributed by atoms with van der Waals surface area (Å²) in [7, 11) is 0. The maximum absolute atomic E-state index is 12.4. The van der Waals surface area contributed by atoms with E-state index in [1.807, 2.05) is 53.4 Å². The molecule has 0 saturated carbocycles. The maximum Gasteiger partial charge on any atom is 0.253 e. The molecule has 0 aliphatic carbocycles. The molecule has 114 valence electrons. The second-order valence-corrected chi connectivity index (χ2v) is 5.56. The van der Waals surface area contributed by atoms with E-state index in [4.69, 9.17) is 0 Å². The van der Waals surface area contributed by atoms with Gasteiger partial charge in [0.1, 0.15) is 5.75 Å². The van der Waals surface area contributed by atoms with E-state index < -0.39 is 0 Å². The van der Waals surface area contributed by atoms with Crippen LogP contribution in [0.2, 0.25) is 0 Å². The molecule has 0 bridgehead atoms. The van der Waals surface area contributed by atoms with Crippen LogP contribution >= 0.6 is 0 Å². The molecule has 1 aliphatic heterocycles. The number of amides is 1. The second-order valence-electron chi connectivity index (χ2n) is 5.56. The van der Waals surface area contributed by atoms with Gasteiger partial charge in [0, 0.05) is 43.9 Å². The monoisotopic (exact) mass is 296 g/mol. The van der Waals surface area contributed by atoms with E-state index in [0.29, 0.717) is 5.75 Å². The number of piperazine rings is 1. The highest BCUT2D eigenvalue weighted by atomic mass is 16.3. The number of phenols is 1. The van der Waals surface area contributed by atoms with Crippen LogP contribution < -0.4 is 0 Å². The Balaban J connectivity index is 1.57. The fourth-order valence-corrected chi connectivity index (χ4v) is 2.76. The molecule has 0 unspecified atom stereocenters. The van der Waals surface area contributed by atoms with Gasteiger partial charge in [-0.2, -0.15) is 0 Å². The second kappa shape index (κ2) is 6.62. The molecular weight excluding hydrogens is 276 g/mol. The van der Waals surface area contributed by atoms with Crippen LogP contribution in [0.1, 0.15) is 15.9 Å².